The van der Waals surface area contributed by atoms with Gasteiger partial charge in [-0.1, -0.05) is 20.8 Å². The van der Waals surface area contributed by atoms with Crippen molar-refractivity contribution in [3.63, 3.8) is 0 Å². The Morgan fingerprint density at radius 2 is 2.09 bits per heavy atom. The summed E-state index contributed by atoms with van der Waals surface area (Å²) >= 11 is 0. The van der Waals surface area contributed by atoms with Crippen molar-refractivity contribution >= 4 is 0 Å². The lowest BCUT2D eigenvalue weighted by Crippen LogP contribution is -2.31. The molecule has 1 nitrogen and oxygen atoms in total. The van der Waals surface area contributed by atoms with E-state index < -0.39 is 0 Å². The fraction of sp³-hybridized carbons (Fsp3) is 1.00. The molecule has 1 N–H and O–H groups in total. The van der Waals surface area contributed by atoms with E-state index in [2.05, 4.69) is 26.1 Å². The zero-order valence-electron chi connectivity index (χ0n) is 8.11. The van der Waals surface area contributed by atoms with Gasteiger partial charge in [0.2, 0.25) is 0 Å². The van der Waals surface area contributed by atoms with Crippen LogP contribution in [0.4, 0.5) is 0 Å². The summed E-state index contributed by atoms with van der Waals surface area (Å²) in [6, 6.07) is 0. The Morgan fingerprint density at radius 1 is 1.36 bits per heavy atom. The van der Waals surface area contributed by atoms with Crippen molar-refractivity contribution in [1.82, 2.24) is 5.32 Å². The summed E-state index contributed by atoms with van der Waals surface area (Å²) in [4.78, 5) is 0. The van der Waals surface area contributed by atoms with Crippen LogP contribution in [0.3, 0.4) is 0 Å². The Balaban J connectivity index is 2.24. The Morgan fingerprint density at radius 3 is 2.55 bits per heavy atom. The minimum absolute atomic E-state index is 0.518. The van der Waals surface area contributed by atoms with Crippen LogP contribution in [-0.4, -0.2) is 13.1 Å². The van der Waals surface area contributed by atoms with Crippen molar-refractivity contribution in [3.8, 4) is 0 Å². The number of hydrogen-bond donors (Lipinski definition) is 1. The predicted molar refractivity (Wildman–Crippen MR) is 49.7 cm³/mol. The van der Waals surface area contributed by atoms with Gasteiger partial charge in [0.05, 0.1) is 0 Å². The summed E-state index contributed by atoms with van der Waals surface area (Å²) in [5, 5.41) is 3.46. The second kappa shape index (κ2) is 3.57. The third kappa shape index (κ3) is 3.76. The first kappa shape index (κ1) is 9.05. The molecule has 1 atom stereocenters. The van der Waals surface area contributed by atoms with E-state index in [9.17, 15) is 0 Å². The maximum Gasteiger partial charge on any atom is -0.00203 e. The van der Waals surface area contributed by atoms with Gasteiger partial charge in [0, 0.05) is 0 Å². The normalized spacial score (nSPS) is 27.0. The lowest BCUT2D eigenvalue weighted by molar-refractivity contribution is 0.251. The van der Waals surface area contributed by atoms with Gasteiger partial charge >= 0.3 is 0 Å². The lowest BCUT2D eigenvalue weighted by atomic mass is 9.82. The zero-order valence-corrected chi connectivity index (χ0v) is 8.11. The summed E-state index contributed by atoms with van der Waals surface area (Å²) in [6.45, 7) is 9.49. The minimum Gasteiger partial charge on any atom is -0.316 e. The highest BCUT2D eigenvalue weighted by Gasteiger charge is 2.19. The molecule has 0 aliphatic carbocycles. The van der Waals surface area contributed by atoms with Crippen molar-refractivity contribution in [2.75, 3.05) is 13.1 Å². The van der Waals surface area contributed by atoms with E-state index in [4.69, 9.17) is 0 Å². The van der Waals surface area contributed by atoms with Gasteiger partial charge in [0.15, 0.2) is 0 Å². The summed E-state index contributed by atoms with van der Waals surface area (Å²) in [5.74, 6) is 0.934. The lowest BCUT2D eigenvalue weighted by Gasteiger charge is -2.29. The fourth-order valence-electron chi connectivity index (χ4n) is 1.96. The van der Waals surface area contributed by atoms with Gasteiger partial charge in [-0.15, -0.1) is 0 Å². The van der Waals surface area contributed by atoms with E-state index in [0.29, 0.717) is 5.41 Å². The number of rotatable bonds is 1. The Labute approximate surface area is 70.6 Å². The molecule has 66 valence electrons. The molecule has 0 aromatic carbocycles. The van der Waals surface area contributed by atoms with E-state index in [1.165, 1.54) is 32.4 Å². The van der Waals surface area contributed by atoms with Crippen molar-refractivity contribution in [2.45, 2.75) is 40.0 Å². The number of nitrogens with one attached hydrogen (secondary N) is 1. The van der Waals surface area contributed by atoms with Gasteiger partial charge in [-0.25, -0.2) is 0 Å². The predicted octanol–water partition coefficient (Wildman–Crippen LogP) is 2.42. The quantitative estimate of drug-likeness (QED) is 0.613. The first-order valence-electron chi connectivity index (χ1n) is 4.79. The van der Waals surface area contributed by atoms with Crippen molar-refractivity contribution < 1.29 is 0 Å². The molecule has 0 aromatic heterocycles. The molecule has 0 amide bonds. The standard InChI is InChI=1S/C10H21N/c1-10(2,3)7-9-5-4-6-11-8-9/h9,11H,4-8H2,1-3H3/t9-/m0/s1. The van der Waals surface area contributed by atoms with Crippen LogP contribution < -0.4 is 5.32 Å². The topological polar surface area (TPSA) is 12.0 Å². The summed E-state index contributed by atoms with van der Waals surface area (Å²) in [5.41, 5.74) is 0.518. The van der Waals surface area contributed by atoms with Gasteiger partial charge < -0.3 is 5.32 Å². The highest BCUT2D eigenvalue weighted by molar-refractivity contribution is 4.74. The molecule has 11 heavy (non-hydrogen) atoms. The second-order valence-electron chi connectivity index (χ2n) is 4.98. The molecule has 0 saturated carbocycles. The largest absolute Gasteiger partial charge is 0.316 e. The molecule has 0 aromatic rings. The molecular formula is C10H21N. The van der Waals surface area contributed by atoms with E-state index in [-0.39, 0.29) is 0 Å². The van der Waals surface area contributed by atoms with E-state index in [1.54, 1.807) is 0 Å². The molecule has 0 bridgehead atoms. The maximum absolute atomic E-state index is 3.46. The van der Waals surface area contributed by atoms with Crippen LogP contribution >= 0.6 is 0 Å². The van der Waals surface area contributed by atoms with E-state index in [1.807, 2.05) is 0 Å². The van der Waals surface area contributed by atoms with Gasteiger partial charge in [-0.3, -0.25) is 0 Å². The molecule has 0 unspecified atom stereocenters. The molecular weight excluding hydrogens is 134 g/mol. The molecule has 0 spiro atoms. The highest BCUT2D eigenvalue weighted by Crippen LogP contribution is 2.27. The first-order chi connectivity index (χ1) is 5.08. The van der Waals surface area contributed by atoms with Crippen molar-refractivity contribution in [1.29, 1.82) is 0 Å². The first-order valence-corrected chi connectivity index (χ1v) is 4.79. The highest BCUT2D eigenvalue weighted by atomic mass is 14.9. The Hall–Kier alpha value is -0.0400. The maximum atomic E-state index is 3.46. The third-order valence-corrected chi connectivity index (χ3v) is 2.30. The van der Waals surface area contributed by atoms with Crippen LogP contribution in [0, 0.1) is 11.3 Å². The zero-order chi connectivity index (χ0) is 8.32. The third-order valence-electron chi connectivity index (χ3n) is 2.30. The fourth-order valence-corrected chi connectivity index (χ4v) is 1.96. The molecule has 1 heterocycles. The SMILES string of the molecule is CC(C)(C)C[C@@H]1CCCNC1. The van der Waals surface area contributed by atoms with Crippen LogP contribution in [0.5, 0.6) is 0 Å². The molecule has 1 fully saturated rings. The van der Waals surface area contributed by atoms with Gasteiger partial charge in [-0.2, -0.15) is 0 Å². The second-order valence-corrected chi connectivity index (χ2v) is 4.98. The van der Waals surface area contributed by atoms with Crippen molar-refractivity contribution in [2.24, 2.45) is 11.3 Å². The van der Waals surface area contributed by atoms with Crippen LogP contribution in [0.2, 0.25) is 0 Å². The monoisotopic (exact) mass is 155 g/mol. The van der Waals surface area contributed by atoms with Crippen LogP contribution in [0.25, 0.3) is 0 Å². The average molecular weight is 155 g/mol. The molecule has 1 heteroatoms. The summed E-state index contributed by atoms with van der Waals surface area (Å²) < 4.78 is 0. The molecule has 1 aliphatic rings. The van der Waals surface area contributed by atoms with Crippen LogP contribution in [0.15, 0.2) is 0 Å². The summed E-state index contributed by atoms with van der Waals surface area (Å²) in [7, 11) is 0. The van der Waals surface area contributed by atoms with Gasteiger partial charge in [-0.05, 0) is 43.7 Å². The van der Waals surface area contributed by atoms with E-state index in [0.717, 1.165) is 5.92 Å². The molecule has 1 aliphatic heterocycles. The van der Waals surface area contributed by atoms with Gasteiger partial charge in [0.25, 0.3) is 0 Å². The van der Waals surface area contributed by atoms with E-state index >= 15 is 0 Å². The van der Waals surface area contributed by atoms with Crippen LogP contribution in [0.1, 0.15) is 40.0 Å². The molecule has 1 rings (SSSR count). The Kier molecular flexibility index (Phi) is 2.94. The average Bonchev–Trinajstić information content (AvgIpc) is 1.85. The number of hydrogen-bond acceptors (Lipinski definition) is 1. The van der Waals surface area contributed by atoms with Crippen LogP contribution in [-0.2, 0) is 0 Å². The molecule has 0 radical (unpaired) electrons. The Bertz CT molecular complexity index is 107. The smallest absolute Gasteiger partial charge is 0.00203 e. The number of piperidine rings is 1. The van der Waals surface area contributed by atoms with Gasteiger partial charge in [0.1, 0.15) is 0 Å². The minimum atomic E-state index is 0.518. The van der Waals surface area contributed by atoms with Crippen molar-refractivity contribution in [3.05, 3.63) is 0 Å². The molecule has 1 saturated heterocycles. The summed E-state index contributed by atoms with van der Waals surface area (Å²) in [6.07, 6.45) is 4.19.